The maximum Gasteiger partial charge on any atom is 0.264 e. The third-order valence-electron chi connectivity index (χ3n) is 9.06. The number of hydrogen-bond acceptors (Lipinski definition) is 5. The van der Waals surface area contributed by atoms with E-state index in [0.29, 0.717) is 35.2 Å². The smallest absolute Gasteiger partial charge is 0.264 e. The number of nitriles is 1. The number of piperidine rings is 3. The van der Waals surface area contributed by atoms with Gasteiger partial charge >= 0.3 is 0 Å². The number of carbonyl (C=O) groups is 3. The number of rotatable bonds is 5. The second-order valence-electron chi connectivity index (χ2n) is 11.3. The zero-order valence-corrected chi connectivity index (χ0v) is 21.8. The van der Waals surface area contributed by atoms with Crippen molar-refractivity contribution in [1.82, 2.24) is 15.5 Å². The van der Waals surface area contributed by atoms with Crippen LogP contribution in [-0.4, -0.2) is 58.3 Å². The first kappa shape index (κ1) is 26.4. The highest BCUT2D eigenvalue weighted by Crippen LogP contribution is 2.53. The normalized spacial score (nSPS) is 28.1. The Bertz CT molecular complexity index is 1380. The van der Waals surface area contributed by atoms with Crippen LogP contribution in [0.2, 0.25) is 0 Å². The minimum atomic E-state index is -3.19. The first-order valence-electron chi connectivity index (χ1n) is 13.8. The Labute approximate surface area is 230 Å². The summed E-state index contributed by atoms with van der Waals surface area (Å²) >= 11 is 0. The molecule has 2 bridgehead atoms. The number of fused-ring (bicyclic) bond motifs is 6. The molecule has 40 heavy (non-hydrogen) atoms. The Morgan fingerprint density at radius 1 is 1.10 bits per heavy atom. The molecular formula is C30H30F2N4O4. The highest BCUT2D eigenvalue weighted by Gasteiger charge is 2.63. The first-order valence-corrected chi connectivity index (χ1v) is 13.8. The maximum absolute atomic E-state index is 15.2. The molecule has 0 aromatic heterocycles. The summed E-state index contributed by atoms with van der Waals surface area (Å²) < 4.78 is 30.5. The van der Waals surface area contributed by atoms with Crippen LogP contribution in [0.3, 0.4) is 0 Å². The van der Waals surface area contributed by atoms with Gasteiger partial charge in [-0.05, 0) is 43.2 Å². The molecule has 0 spiro atoms. The molecule has 3 N–H and O–H groups in total. The minimum Gasteiger partial charge on any atom is -0.372 e. The molecule has 7 rings (SSSR count). The lowest BCUT2D eigenvalue weighted by Gasteiger charge is -2.54. The summed E-state index contributed by atoms with van der Waals surface area (Å²) in [6.45, 7) is 0.547. The van der Waals surface area contributed by atoms with Crippen molar-refractivity contribution in [3.05, 3.63) is 59.7 Å². The van der Waals surface area contributed by atoms with Crippen LogP contribution in [0.25, 0.3) is 11.1 Å². The lowest BCUT2D eigenvalue weighted by molar-refractivity contribution is -0.201. The van der Waals surface area contributed by atoms with Gasteiger partial charge in [0.2, 0.25) is 11.8 Å². The molecule has 1 saturated carbocycles. The molecule has 2 aliphatic carbocycles. The highest BCUT2D eigenvalue weighted by molar-refractivity contribution is 6.01. The summed E-state index contributed by atoms with van der Waals surface area (Å²) in [5, 5.41) is 27.2. The highest BCUT2D eigenvalue weighted by atomic mass is 19.3. The molecule has 3 aliphatic heterocycles. The second-order valence-corrected chi connectivity index (χ2v) is 11.3. The summed E-state index contributed by atoms with van der Waals surface area (Å²) in [6, 6.07) is 12.2. The van der Waals surface area contributed by atoms with E-state index < -0.39 is 59.7 Å². The van der Waals surface area contributed by atoms with Gasteiger partial charge in [-0.1, -0.05) is 48.5 Å². The third-order valence-corrected chi connectivity index (χ3v) is 9.06. The molecule has 5 atom stereocenters. The largest absolute Gasteiger partial charge is 0.372 e. The number of aliphatic hydroxyl groups is 1. The predicted octanol–water partition coefficient (Wildman–Crippen LogP) is 2.84. The van der Waals surface area contributed by atoms with Gasteiger partial charge in [0, 0.05) is 36.1 Å². The number of alkyl halides is 2. The van der Waals surface area contributed by atoms with Gasteiger partial charge in [-0.3, -0.25) is 14.4 Å². The van der Waals surface area contributed by atoms with E-state index in [4.69, 9.17) is 0 Å². The molecule has 4 fully saturated rings. The van der Waals surface area contributed by atoms with Crippen molar-refractivity contribution in [3.8, 4) is 17.2 Å². The van der Waals surface area contributed by atoms with E-state index in [1.165, 1.54) is 0 Å². The molecular weight excluding hydrogens is 518 g/mol. The number of nitrogens with one attached hydrogen (secondary N) is 2. The van der Waals surface area contributed by atoms with Crippen LogP contribution in [0.1, 0.15) is 49.7 Å². The number of amides is 3. The molecule has 2 aromatic carbocycles. The monoisotopic (exact) mass is 548 g/mol. The van der Waals surface area contributed by atoms with Crippen LogP contribution in [0, 0.1) is 23.2 Å². The molecule has 0 unspecified atom stereocenters. The molecule has 8 nitrogen and oxygen atoms in total. The summed E-state index contributed by atoms with van der Waals surface area (Å²) in [5.74, 6) is -7.03. The summed E-state index contributed by atoms with van der Waals surface area (Å²) in [4.78, 5) is 41.5. The number of carbonyl (C=O) groups excluding carboxylic acids is 3. The van der Waals surface area contributed by atoms with Crippen LogP contribution in [0.15, 0.2) is 48.5 Å². The second kappa shape index (κ2) is 9.66. The average molecular weight is 549 g/mol. The van der Waals surface area contributed by atoms with Crippen molar-refractivity contribution in [3.63, 3.8) is 0 Å². The lowest BCUT2D eigenvalue weighted by atomic mass is 9.70. The number of benzene rings is 2. The van der Waals surface area contributed by atoms with Crippen molar-refractivity contribution in [2.24, 2.45) is 11.8 Å². The van der Waals surface area contributed by atoms with Crippen LogP contribution >= 0.6 is 0 Å². The molecule has 5 aliphatic rings. The van der Waals surface area contributed by atoms with Crippen LogP contribution in [-0.2, 0) is 20.0 Å². The lowest BCUT2D eigenvalue weighted by Crippen LogP contribution is -2.70. The van der Waals surface area contributed by atoms with Gasteiger partial charge in [-0.15, -0.1) is 0 Å². The molecule has 0 radical (unpaired) electrons. The Hall–Kier alpha value is -3.84. The van der Waals surface area contributed by atoms with Gasteiger partial charge in [0.25, 0.3) is 11.8 Å². The summed E-state index contributed by atoms with van der Waals surface area (Å²) in [6.07, 6.45) is 1.06. The Balaban J connectivity index is 1.35. The van der Waals surface area contributed by atoms with Gasteiger partial charge in [0.1, 0.15) is 12.1 Å². The van der Waals surface area contributed by atoms with Crippen LogP contribution < -0.4 is 10.6 Å². The van der Waals surface area contributed by atoms with Gasteiger partial charge < -0.3 is 20.6 Å². The van der Waals surface area contributed by atoms with E-state index in [1.807, 2.05) is 6.07 Å². The average Bonchev–Trinajstić information content (AvgIpc) is 3.22. The Kier molecular flexibility index (Phi) is 6.37. The van der Waals surface area contributed by atoms with Crippen LogP contribution in [0.4, 0.5) is 8.78 Å². The quantitative estimate of drug-likeness (QED) is 0.531. The fourth-order valence-electron chi connectivity index (χ4n) is 7.17. The number of halogens is 2. The maximum atomic E-state index is 15.2. The molecule has 3 heterocycles. The number of nitrogens with zero attached hydrogens (tertiary/aromatic N) is 2. The van der Waals surface area contributed by atoms with E-state index in [0.717, 1.165) is 11.3 Å². The first-order chi connectivity index (χ1) is 19.2. The molecule has 10 heteroatoms. The molecule has 3 amide bonds. The SMILES string of the molecule is N#C[C@@H](C[C@@H]1CCCNC1=O)NC(=O)[C@H]1[C@H]2CC[C@H](CC2(F)F)N1C(=O)C1(O)c2ccccc2-c2ccccc21. The standard InChI is InChI=1S/C30H30F2N4O4/c31-29(32)15-19-11-12-24(29)25(27(38)35-18(16-33)14-17-6-5-13-34-26(17)37)36(19)28(39)30(40)22-9-3-1-7-20(22)21-8-2-4-10-23(21)30/h1-4,7-10,17-19,24-25,40H,5-6,11-15H2,(H,34,37)(H,35,38)/t17-,18+,19+,24+,25+/m0/s1. The minimum absolute atomic E-state index is 0.0351. The third kappa shape index (κ3) is 3.98. The molecule has 3 saturated heterocycles. The van der Waals surface area contributed by atoms with Crippen LogP contribution in [0.5, 0.6) is 0 Å². The van der Waals surface area contributed by atoms with Gasteiger partial charge in [0.15, 0.2) is 5.60 Å². The van der Waals surface area contributed by atoms with E-state index in [2.05, 4.69) is 10.6 Å². The van der Waals surface area contributed by atoms with E-state index in [-0.39, 0.29) is 25.2 Å². The van der Waals surface area contributed by atoms with E-state index in [9.17, 15) is 24.8 Å². The zero-order valence-electron chi connectivity index (χ0n) is 21.8. The van der Waals surface area contributed by atoms with E-state index >= 15 is 8.78 Å². The Morgan fingerprint density at radius 3 is 2.35 bits per heavy atom. The van der Waals surface area contributed by atoms with Crippen molar-refractivity contribution in [1.29, 1.82) is 5.26 Å². The van der Waals surface area contributed by atoms with Crippen molar-refractivity contribution >= 4 is 17.7 Å². The topological polar surface area (TPSA) is 123 Å². The fraction of sp³-hybridized carbons (Fsp3) is 0.467. The van der Waals surface area contributed by atoms with Crippen molar-refractivity contribution < 1.29 is 28.3 Å². The molecule has 2 aromatic rings. The van der Waals surface area contributed by atoms with Crippen molar-refractivity contribution in [2.75, 3.05) is 6.54 Å². The summed E-state index contributed by atoms with van der Waals surface area (Å²) in [7, 11) is 0. The molecule has 208 valence electrons. The van der Waals surface area contributed by atoms with E-state index in [1.54, 1.807) is 48.5 Å². The van der Waals surface area contributed by atoms with Gasteiger partial charge in [0.05, 0.1) is 12.0 Å². The fourth-order valence-corrected chi connectivity index (χ4v) is 7.17. The van der Waals surface area contributed by atoms with Gasteiger partial charge in [-0.25, -0.2) is 8.78 Å². The zero-order chi connectivity index (χ0) is 28.2. The number of hydrogen-bond donors (Lipinski definition) is 3. The predicted molar refractivity (Wildman–Crippen MR) is 139 cm³/mol. The van der Waals surface area contributed by atoms with Crippen molar-refractivity contribution in [2.45, 2.75) is 68.2 Å². The summed E-state index contributed by atoms with van der Waals surface area (Å²) in [5.41, 5.74) is -0.151. The van der Waals surface area contributed by atoms with Gasteiger partial charge in [-0.2, -0.15) is 5.26 Å². The Morgan fingerprint density at radius 2 is 1.75 bits per heavy atom.